The molecular weight excluding hydrogens is 512 g/mol. The van der Waals surface area contributed by atoms with E-state index in [1.165, 1.54) is 30.1 Å². The largest absolute Gasteiger partial charge is 0.481 e. The van der Waals surface area contributed by atoms with E-state index in [-0.39, 0.29) is 17.2 Å². The van der Waals surface area contributed by atoms with Crippen LogP contribution in [0.15, 0.2) is 48.0 Å². The van der Waals surface area contributed by atoms with Gasteiger partial charge in [0.15, 0.2) is 5.16 Å². The van der Waals surface area contributed by atoms with Crippen LogP contribution in [0.2, 0.25) is 0 Å². The van der Waals surface area contributed by atoms with Gasteiger partial charge in [-0.15, -0.1) is 0 Å². The molecule has 1 aliphatic rings. The van der Waals surface area contributed by atoms with Crippen LogP contribution in [-0.4, -0.2) is 37.7 Å². The van der Waals surface area contributed by atoms with Crippen LogP contribution >= 0.6 is 11.8 Å². The van der Waals surface area contributed by atoms with E-state index in [1.54, 1.807) is 18.5 Å². The highest BCUT2D eigenvalue weighted by atomic mass is 32.2. The van der Waals surface area contributed by atoms with Crippen LogP contribution in [0.4, 0.5) is 17.6 Å². The summed E-state index contributed by atoms with van der Waals surface area (Å²) in [6, 6.07) is 5.52. The van der Waals surface area contributed by atoms with E-state index in [0.29, 0.717) is 33.1 Å². The van der Waals surface area contributed by atoms with Crippen molar-refractivity contribution in [3.05, 3.63) is 65.4 Å². The number of carbonyl (C=O) groups is 1. The standard InChI is InChI=1S/C25H20F4N4O3S/c1-36-23-18(25(27,28)29)7-15(9-30-23)17-11-33(16-3-4-16)20-10-31-24(32-22(17)20)37-12-13-2-5-19(26)14(6-13)8-21(34)35/h2,5-7,9-11,16H,3-4,8,12H2,1H3,(H,34,35). The number of benzene rings is 1. The fourth-order valence-corrected chi connectivity index (χ4v) is 4.84. The molecule has 1 aliphatic carbocycles. The van der Waals surface area contributed by atoms with Gasteiger partial charge < -0.3 is 14.4 Å². The number of thioether (sulfide) groups is 1. The van der Waals surface area contributed by atoms with E-state index in [9.17, 15) is 22.4 Å². The average molecular weight is 533 g/mol. The van der Waals surface area contributed by atoms with Crippen LogP contribution in [0.1, 0.15) is 35.6 Å². The van der Waals surface area contributed by atoms with Gasteiger partial charge in [-0.2, -0.15) is 13.2 Å². The van der Waals surface area contributed by atoms with Crippen molar-refractivity contribution in [3.63, 3.8) is 0 Å². The fourth-order valence-electron chi connectivity index (χ4n) is 4.08. The second kappa shape index (κ2) is 9.66. The lowest BCUT2D eigenvalue weighted by molar-refractivity contribution is -0.139. The summed E-state index contributed by atoms with van der Waals surface area (Å²) in [4.78, 5) is 23.9. The van der Waals surface area contributed by atoms with E-state index >= 15 is 0 Å². The maximum atomic E-state index is 13.9. The van der Waals surface area contributed by atoms with E-state index in [1.807, 2.05) is 4.57 Å². The third-order valence-electron chi connectivity index (χ3n) is 5.97. The molecule has 0 spiro atoms. The Morgan fingerprint density at radius 2 is 2.00 bits per heavy atom. The Morgan fingerprint density at radius 1 is 1.22 bits per heavy atom. The second-order valence-corrected chi connectivity index (χ2v) is 9.57. The maximum absolute atomic E-state index is 13.9. The first kappa shape index (κ1) is 25.0. The minimum absolute atomic E-state index is 0.0817. The molecule has 0 unspecified atom stereocenters. The van der Waals surface area contributed by atoms with Gasteiger partial charge in [0.1, 0.15) is 16.9 Å². The van der Waals surface area contributed by atoms with Crippen LogP contribution in [0, 0.1) is 5.82 Å². The average Bonchev–Trinajstić information content (AvgIpc) is 3.63. The summed E-state index contributed by atoms with van der Waals surface area (Å²) >= 11 is 1.26. The van der Waals surface area contributed by atoms with Crippen LogP contribution in [0.25, 0.3) is 22.2 Å². The second-order valence-electron chi connectivity index (χ2n) is 8.63. The molecule has 0 bridgehead atoms. The Balaban J connectivity index is 1.50. The third-order valence-corrected chi connectivity index (χ3v) is 6.90. The lowest BCUT2D eigenvalue weighted by atomic mass is 10.1. The summed E-state index contributed by atoms with van der Waals surface area (Å²) in [5.41, 5.74) is 1.75. The minimum atomic E-state index is -4.64. The van der Waals surface area contributed by atoms with Gasteiger partial charge in [0.2, 0.25) is 5.88 Å². The van der Waals surface area contributed by atoms with Crippen LogP contribution in [0.5, 0.6) is 5.88 Å². The number of carboxylic acids is 1. The predicted octanol–water partition coefficient (Wildman–Crippen LogP) is 5.91. The van der Waals surface area contributed by atoms with E-state index in [0.717, 1.165) is 26.0 Å². The Bertz CT molecular complexity index is 1500. The number of halogens is 4. The molecule has 12 heteroatoms. The van der Waals surface area contributed by atoms with E-state index < -0.39 is 35.8 Å². The van der Waals surface area contributed by atoms with E-state index in [2.05, 4.69) is 15.0 Å². The number of ether oxygens (including phenoxy) is 1. The van der Waals surface area contributed by atoms with Crippen molar-refractivity contribution in [1.82, 2.24) is 19.5 Å². The number of carboxylic acid groups (broad SMARTS) is 1. The van der Waals surface area contributed by atoms with Crippen molar-refractivity contribution in [1.29, 1.82) is 0 Å². The van der Waals surface area contributed by atoms with Gasteiger partial charge in [-0.3, -0.25) is 4.79 Å². The summed E-state index contributed by atoms with van der Waals surface area (Å²) in [6.07, 6.45) is 1.60. The van der Waals surface area contributed by atoms with Gasteiger partial charge >= 0.3 is 12.1 Å². The van der Waals surface area contributed by atoms with Crippen LogP contribution < -0.4 is 4.74 Å². The van der Waals surface area contributed by atoms with Crippen molar-refractivity contribution in [3.8, 4) is 17.0 Å². The van der Waals surface area contributed by atoms with Gasteiger partial charge in [-0.1, -0.05) is 23.9 Å². The normalized spacial score (nSPS) is 13.8. The van der Waals surface area contributed by atoms with E-state index in [4.69, 9.17) is 9.84 Å². The van der Waals surface area contributed by atoms with Crippen LogP contribution in [-0.2, 0) is 23.1 Å². The molecule has 1 fully saturated rings. The van der Waals surface area contributed by atoms with Crippen LogP contribution in [0.3, 0.4) is 0 Å². The number of hydrogen-bond donors (Lipinski definition) is 1. The number of pyridine rings is 1. The zero-order chi connectivity index (χ0) is 26.3. The molecule has 37 heavy (non-hydrogen) atoms. The fraction of sp³-hybridized carbons (Fsp3) is 0.280. The van der Waals surface area contributed by atoms with Gasteiger partial charge in [-0.05, 0) is 36.1 Å². The Labute approximate surface area is 212 Å². The van der Waals surface area contributed by atoms with Crippen molar-refractivity contribution in [2.75, 3.05) is 7.11 Å². The number of fused-ring (bicyclic) bond motifs is 1. The number of nitrogens with zero attached hydrogens (tertiary/aromatic N) is 4. The molecule has 1 aromatic carbocycles. The molecule has 192 valence electrons. The molecule has 7 nitrogen and oxygen atoms in total. The highest BCUT2D eigenvalue weighted by molar-refractivity contribution is 7.98. The smallest absolute Gasteiger partial charge is 0.421 e. The topological polar surface area (TPSA) is 90.1 Å². The molecule has 4 aromatic rings. The molecule has 0 radical (unpaired) electrons. The molecule has 5 rings (SSSR count). The van der Waals surface area contributed by atoms with Crippen molar-refractivity contribution < 1.29 is 32.2 Å². The SMILES string of the molecule is COc1ncc(-c2cn(C3CC3)c3cnc(SCc4ccc(F)c(CC(=O)O)c4)nc23)cc1C(F)(F)F. The monoisotopic (exact) mass is 532 g/mol. The zero-order valence-electron chi connectivity index (χ0n) is 19.4. The van der Waals surface area contributed by atoms with Gasteiger partial charge in [0.05, 0.1) is 25.2 Å². The third kappa shape index (κ3) is 5.24. The first-order chi connectivity index (χ1) is 17.6. The summed E-state index contributed by atoms with van der Waals surface area (Å²) in [5, 5.41) is 9.36. The number of rotatable bonds is 8. The number of alkyl halides is 3. The lowest BCUT2D eigenvalue weighted by Gasteiger charge is -2.12. The molecular formula is C25H20F4N4O3S. The Kier molecular flexibility index (Phi) is 6.52. The number of aliphatic carboxylic acids is 1. The molecule has 0 saturated heterocycles. The molecule has 1 N–H and O–H groups in total. The van der Waals surface area contributed by atoms with Crippen molar-refractivity contribution in [2.24, 2.45) is 0 Å². The molecule has 1 saturated carbocycles. The number of hydrogen-bond acceptors (Lipinski definition) is 6. The summed E-state index contributed by atoms with van der Waals surface area (Å²) in [5.74, 6) is -1.88. The van der Waals surface area contributed by atoms with Gasteiger partial charge in [0, 0.05) is 35.3 Å². The Morgan fingerprint density at radius 3 is 2.68 bits per heavy atom. The number of aromatic nitrogens is 4. The summed E-state index contributed by atoms with van der Waals surface area (Å²) < 4.78 is 61.6. The molecule has 3 aromatic heterocycles. The molecule has 0 amide bonds. The maximum Gasteiger partial charge on any atom is 0.421 e. The molecule has 0 aliphatic heterocycles. The zero-order valence-corrected chi connectivity index (χ0v) is 20.2. The van der Waals surface area contributed by atoms with Gasteiger partial charge in [-0.25, -0.2) is 19.3 Å². The lowest BCUT2D eigenvalue weighted by Crippen LogP contribution is -2.09. The Hall–Kier alpha value is -3.67. The highest BCUT2D eigenvalue weighted by Gasteiger charge is 2.36. The van der Waals surface area contributed by atoms with Gasteiger partial charge in [0.25, 0.3) is 0 Å². The molecule has 3 heterocycles. The quantitative estimate of drug-likeness (QED) is 0.171. The predicted molar refractivity (Wildman–Crippen MR) is 128 cm³/mol. The first-order valence-corrected chi connectivity index (χ1v) is 12.2. The summed E-state index contributed by atoms with van der Waals surface area (Å²) in [6.45, 7) is 0. The molecule has 0 atom stereocenters. The minimum Gasteiger partial charge on any atom is -0.481 e. The first-order valence-electron chi connectivity index (χ1n) is 11.2. The van der Waals surface area contributed by atoms with Crippen molar-refractivity contribution in [2.45, 2.75) is 42.4 Å². The highest BCUT2D eigenvalue weighted by Crippen LogP contribution is 2.43. The number of methoxy groups -OCH3 is 1. The summed E-state index contributed by atoms with van der Waals surface area (Å²) in [7, 11) is 1.14. The van der Waals surface area contributed by atoms with Crippen molar-refractivity contribution >= 4 is 28.8 Å².